The van der Waals surface area contributed by atoms with Crippen LogP contribution >= 0.6 is 0 Å². The summed E-state index contributed by atoms with van der Waals surface area (Å²) in [4.78, 5) is 12.8. The van der Waals surface area contributed by atoms with E-state index < -0.39 is 5.97 Å². The summed E-state index contributed by atoms with van der Waals surface area (Å²) >= 11 is 0. The third-order valence-corrected chi connectivity index (χ3v) is 3.56. The Bertz CT molecular complexity index is 667. The molecule has 116 valence electrons. The molecule has 2 rings (SSSR count). The van der Waals surface area contributed by atoms with Crippen LogP contribution in [-0.2, 0) is 4.79 Å². The molecular formula is C18H21NO3. The van der Waals surface area contributed by atoms with Crippen molar-refractivity contribution in [3.63, 3.8) is 0 Å². The van der Waals surface area contributed by atoms with Gasteiger partial charge in [-0.05, 0) is 44.0 Å². The van der Waals surface area contributed by atoms with Crippen LogP contribution in [0, 0.1) is 13.8 Å². The van der Waals surface area contributed by atoms with Gasteiger partial charge in [-0.15, -0.1) is 0 Å². The van der Waals surface area contributed by atoms with Gasteiger partial charge in [-0.2, -0.15) is 0 Å². The molecule has 0 saturated heterocycles. The Morgan fingerprint density at radius 3 is 2.55 bits per heavy atom. The number of rotatable bonds is 6. The number of anilines is 2. The fraction of sp³-hybridized carbons (Fsp3) is 0.278. The first-order valence-corrected chi connectivity index (χ1v) is 7.33. The normalized spacial score (nSPS) is 10.5. The van der Waals surface area contributed by atoms with Gasteiger partial charge >= 0.3 is 5.97 Å². The van der Waals surface area contributed by atoms with E-state index in [-0.39, 0.29) is 12.2 Å². The van der Waals surface area contributed by atoms with Crippen LogP contribution in [0.3, 0.4) is 0 Å². The zero-order valence-corrected chi connectivity index (χ0v) is 12.9. The molecule has 2 aromatic rings. The van der Waals surface area contributed by atoms with Crippen molar-refractivity contribution in [2.24, 2.45) is 0 Å². The first-order valence-electron chi connectivity index (χ1n) is 7.33. The van der Waals surface area contributed by atoms with Crippen LogP contribution in [0.15, 0.2) is 42.5 Å². The first kappa shape index (κ1) is 15.9. The summed E-state index contributed by atoms with van der Waals surface area (Å²) in [7, 11) is 0. The van der Waals surface area contributed by atoms with Crippen molar-refractivity contribution in [1.82, 2.24) is 0 Å². The van der Waals surface area contributed by atoms with Crippen LogP contribution in [0.4, 0.5) is 11.4 Å². The molecule has 0 amide bonds. The lowest BCUT2D eigenvalue weighted by Gasteiger charge is -2.27. The molecular weight excluding hydrogens is 278 g/mol. The van der Waals surface area contributed by atoms with E-state index in [0.717, 1.165) is 16.9 Å². The van der Waals surface area contributed by atoms with E-state index in [9.17, 15) is 9.90 Å². The predicted octanol–water partition coefficient (Wildman–Crippen LogP) is 4.01. The molecule has 0 aliphatic rings. The monoisotopic (exact) mass is 299 g/mol. The zero-order chi connectivity index (χ0) is 16.1. The van der Waals surface area contributed by atoms with Crippen molar-refractivity contribution in [3.8, 4) is 5.75 Å². The molecule has 0 aromatic heterocycles. The van der Waals surface area contributed by atoms with Gasteiger partial charge in [0.2, 0.25) is 0 Å². The molecule has 0 bridgehead atoms. The van der Waals surface area contributed by atoms with E-state index in [1.54, 1.807) is 18.2 Å². The number of carboxylic acid groups (broad SMARTS) is 1. The number of phenols is 1. The maximum atomic E-state index is 10.8. The number of aliphatic carboxylic acids is 1. The van der Waals surface area contributed by atoms with Crippen LogP contribution in [0.1, 0.15) is 24.0 Å². The van der Waals surface area contributed by atoms with Crippen molar-refractivity contribution in [1.29, 1.82) is 0 Å². The van der Waals surface area contributed by atoms with Gasteiger partial charge in [0.1, 0.15) is 5.75 Å². The molecule has 0 atom stereocenters. The highest BCUT2D eigenvalue weighted by Crippen LogP contribution is 2.31. The third-order valence-electron chi connectivity index (χ3n) is 3.56. The van der Waals surface area contributed by atoms with E-state index in [1.165, 1.54) is 5.56 Å². The van der Waals surface area contributed by atoms with Gasteiger partial charge in [-0.25, -0.2) is 0 Å². The molecule has 0 fully saturated rings. The van der Waals surface area contributed by atoms with Gasteiger partial charge in [0.25, 0.3) is 0 Å². The van der Waals surface area contributed by atoms with Crippen molar-refractivity contribution >= 4 is 17.3 Å². The van der Waals surface area contributed by atoms with E-state index in [1.807, 2.05) is 32.0 Å². The van der Waals surface area contributed by atoms with Crippen LogP contribution in [0.2, 0.25) is 0 Å². The van der Waals surface area contributed by atoms with Gasteiger partial charge in [-0.3, -0.25) is 4.79 Å². The number of hydrogen-bond donors (Lipinski definition) is 2. The third kappa shape index (κ3) is 4.01. The van der Waals surface area contributed by atoms with Gasteiger partial charge in [0, 0.05) is 30.4 Å². The maximum absolute atomic E-state index is 10.8. The van der Waals surface area contributed by atoms with Gasteiger partial charge in [0.05, 0.1) is 0 Å². The van der Waals surface area contributed by atoms with Gasteiger partial charge in [0.15, 0.2) is 0 Å². The lowest BCUT2D eigenvalue weighted by Crippen LogP contribution is -2.20. The number of hydrogen-bond acceptors (Lipinski definition) is 3. The zero-order valence-electron chi connectivity index (χ0n) is 12.9. The quantitative estimate of drug-likeness (QED) is 0.846. The topological polar surface area (TPSA) is 60.8 Å². The highest BCUT2D eigenvalue weighted by Gasteiger charge is 2.13. The lowest BCUT2D eigenvalue weighted by molar-refractivity contribution is -0.137. The minimum absolute atomic E-state index is 0.125. The molecule has 22 heavy (non-hydrogen) atoms. The largest absolute Gasteiger partial charge is 0.508 e. The Hall–Kier alpha value is -2.49. The Morgan fingerprint density at radius 1 is 1.14 bits per heavy atom. The second-order valence-corrected chi connectivity index (χ2v) is 5.46. The number of carboxylic acids is 1. The number of aryl methyl sites for hydroxylation is 2. The fourth-order valence-electron chi connectivity index (χ4n) is 2.55. The standard InChI is InChI=1S/C18H21NO3/c1-13-8-9-17(14(2)11-13)19(10-4-7-18(21)22)15-5-3-6-16(20)12-15/h3,5-6,8-9,11-12,20H,4,7,10H2,1-2H3,(H,21,22). The van der Waals surface area contributed by atoms with Crippen molar-refractivity contribution < 1.29 is 15.0 Å². The average Bonchev–Trinajstić information content (AvgIpc) is 2.44. The number of phenolic OH excluding ortho intramolecular Hbond substituents is 1. The smallest absolute Gasteiger partial charge is 0.303 e. The molecule has 0 saturated carbocycles. The van der Waals surface area contributed by atoms with Crippen LogP contribution in [0.25, 0.3) is 0 Å². The Labute approximate surface area is 130 Å². The number of benzene rings is 2. The fourth-order valence-corrected chi connectivity index (χ4v) is 2.55. The Kier molecular flexibility index (Phi) is 5.04. The number of nitrogens with zero attached hydrogens (tertiary/aromatic N) is 1. The molecule has 0 radical (unpaired) electrons. The summed E-state index contributed by atoms with van der Waals surface area (Å²) in [5, 5.41) is 18.6. The van der Waals surface area contributed by atoms with Crippen LogP contribution < -0.4 is 4.90 Å². The van der Waals surface area contributed by atoms with Crippen molar-refractivity contribution in [2.75, 3.05) is 11.4 Å². The van der Waals surface area contributed by atoms with Crippen LogP contribution in [-0.4, -0.2) is 22.7 Å². The molecule has 0 aliphatic carbocycles. The Morgan fingerprint density at radius 2 is 1.91 bits per heavy atom. The second kappa shape index (κ2) is 6.98. The summed E-state index contributed by atoms with van der Waals surface area (Å²) in [5.41, 5.74) is 4.19. The molecule has 4 heteroatoms. The van der Waals surface area contributed by atoms with Gasteiger partial charge in [-0.1, -0.05) is 23.8 Å². The predicted molar refractivity (Wildman–Crippen MR) is 87.9 cm³/mol. The highest BCUT2D eigenvalue weighted by atomic mass is 16.4. The summed E-state index contributed by atoms with van der Waals surface area (Å²) in [6, 6.07) is 13.2. The molecule has 2 N–H and O–H groups in total. The van der Waals surface area contributed by atoms with Crippen molar-refractivity contribution in [2.45, 2.75) is 26.7 Å². The molecule has 4 nitrogen and oxygen atoms in total. The molecule has 0 heterocycles. The molecule has 0 aliphatic heterocycles. The summed E-state index contributed by atoms with van der Waals surface area (Å²) < 4.78 is 0. The summed E-state index contributed by atoms with van der Waals surface area (Å²) in [5.74, 6) is -0.595. The van der Waals surface area contributed by atoms with Crippen molar-refractivity contribution in [3.05, 3.63) is 53.6 Å². The second-order valence-electron chi connectivity index (χ2n) is 5.46. The van der Waals surface area contributed by atoms with E-state index in [4.69, 9.17) is 5.11 Å². The summed E-state index contributed by atoms with van der Waals surface area (Å²) in [6.07, 6.45) is 0.665. The minimum atomic E-state index is -0.795. The van der Waals surface area contributed by atoms with Crippen LogP contribution in [0.5, 0.6) is 5.75 Å². The van der Waals surface area contributed by atoms with E-state index in [2.05, 4.69) is 11.0 Å². The average molecular weight is 299 g/mol. The minimum Gasteiger partial charge on any atom is -0.508 e. The maximum Gasteiger partial charge on any atom is 0.303 e. The molecule has 0 unspecified atom stereocenters. The SMILES string of the molecule is Cc1ccc(N(CCCC(=O)O)c2cccc(O)c2)c(C)c1. The Balaban J connectivity index is 2.34. The van der Waals surface area contributed by atoms with Gasteiger partial charge < -0.3 is 15.1 Å². The first-order chi connectivity index (χ1) is 10.5. The number of carbonyl (C=O) groups is 1. The highest BCUT2D eigenvalue weighted by molar-refractivity contribution is 5.69. The lowest BCUT2D eigenvalue weighted by atomic mass is 10.1. The van der Waals surface area contributed by atoms with E-state index >= 15 is 0 Å². The molecule has 2 aromatic carbocycles. The van der Waals surface area contributed by atoms with E-state index in [0.29, 0.717) is 13.0 Å². The molecule has 0 spiro atoms. The summed E-state index contributed by atoms with van der Waals surface area (Å²) in [6.45, 7) is 4.66. The number of aromatic hydroxyl groups is 1.